The SMILES string of the molecule is CO[C@H]1[C@H](OC(C)=O)O[C@H](COC(C)=O)[C@@H](OC(C)=O)[C@@H]1OC(C)=O. The van der Waals surface area contributed by atoms with Crippen LogP contribution in [0.15, 0.2) is 0 Å². The molecule has 142 valence electrons. The maximum Gasteiger partial charge on any atom is 0.305 e. The molecule has 0 spiro atoms. The first-order valence-electron chi connectivity index (χ1n) is 7.49. The normalized spacial score (nSPS) is 28.6. The summed E-state index contributed by atoms with van der Waals surface area (Å²) in [5.74, 6) is -2.59. The molecule has 1 rings (SSSR count). The molecular formula is C15H22O10. The average Bonchev–Trinajstić information content (AvgIpc) is 2.46. The van der Waals surface area contributed by atoms with Gasteiger partial charge in [0.15, 0.2) is 18.3 Å². The molecule has 0 amide bonds. The van der Waals surface area contributed by atoms with Crippen LogP contribution in [0.4, 0.5) is 0 Å². The highest BCUT2D eigenvalue weighted by molar-refractivity contribution is 5.68. The summed E-state index contributed by atoms with van der Waals surface area (Å²) in [6.45, 7) is 4.37. The van der Waals surface area contributed by atoms with Gasteiger partial charge in [0, 0.05) is 34.8 Å². The van der Waals surface area contributed by atoms with Gasteiger partial charge in [-0.15, -0.1) is 0 Å². The fraction of sp³-hybridized carbons (Fsp3) is 0.733. The van der Waals surface area contributed by atoms with Gasteiger partial charge in [0.05, 0.1) is 0 Å². The number of esters is 4. The lowest BCUT2D eigenvalue weighted by atomic mass is 9.98. The van der Waals surface area contributed by atoms with Crippen LogP contribution < -0.4 is 0 Å². The van der Waals surface area contributed by atoms with Gasteiger partial charge in [-0.05, 0) is 0 Å². The molecule has 0 radical (unpaired) electrons. The summed E-state index contributed by atoms with van der Waals surface area (Å²) in [7, 11) is 1.29. The number of hydrogen-bond acceptors (Lipinski definition) is 10. The second kappa shape index (κ2) is 9.33. The van der Waals surface area contributed by atoms with E-state index in [9.17, 15) is 19.2 Å². The van der Waals surface area contributed by atoms with E-state index in [0.29, 0.717) is 0 Å². The lowest BCUT2D eigenvalue weighted by Crippen LogP contribution is -2.62. The van der Waals surface area contributed by atoms with Gasteiger partial charge in [0.2, 0.25) is 6.29 Å². The van der Waals surface area contributed by atoms with Crippen molar-refractivity contribution < 1.29 is 47.6 Å². The lowest BCUT2D eigenvalue weighted by Gasteiger charge is -2.43. The van der Waals surface area contributed by atoms with E-state index in [1.165, 1.54) is 14.0 Å². The largest absolute Gasteiger partial charge is 0.463 e. The van der Waals surface area contributed by atoms with E-state index in [2.05, 4.69) is 0 Å². The van der Waals surface area contributed by atoms with Crippen LogP contribution in [0.5, 0.6) is 0 Å². The fourth-order valence-electron chi connectivity index (χ4n) is 2.38. The Morgan fingerprint density at radius 1 is 0.760 bits per heavy atom. The predicted molar refractivity (Wildman–Crippen MR) is 79.0 cm³/mol. The summed E-state index contributed by atoms with van der Waals surface area (Å²) < 4.78 is 31.1. The Kier molecular flexibility index (Phi) is 7.78. The van der Waals surface area contributed by atoms with Gasteiger partial charge in [-0.3, -0.25) is 19.2 Å². The number of carbonyl (C=O) groups excluding carboxylic acids is 4. The molecule has 25 heavy (non-hydrogen) atoms. The van der Waals surface area contributed by atoms with Crippen LogP contribution in [0, 0.1) is 0 Å². The van der Waals surface area contributed by atoms with Crippen LogP contribution in [-0.2, 0) is 47.6 Å². The van der Waals surface area contributed by atoms with E-state index in [1.54, 1.807) is 0 Å². The predicted octanol–water partition coefficient (Wildman–Crippen LogP) is -0.284. The number of rotatable bonds is 6. The Hall–Kier alpha value is -2.20. The van der Waals surface area contributed by atoms with E-state index in [-0.39, 0.29) is 6.61 Å². The van der Waals surface area contributed by atoms with Crippen LogP contribution in [0.25, 0.3) is 0 Å². The summed E-state index contributed by atoms with van der Waals surface area (Å²) >= 11 is 0. The first-order chi connectivity index (χ1) is 11.6. The third-order valence-corrected chi connectivity index (χ3v) is 3.20. The zero-order chi connectivity index (χ0) is 19.1. The molecule has 1 fully saturated rings. The molecule has 5 atom stereocenters. The van der Waals surface area contributed by atoms with Crippen molar-refractivity contribution in [2.75, 3.05) is 13.7 Å². The molecule has 0 saturated carbocycles. The third kappa shape index (κ3) is 6.31. The van der Waals surface area contributed by atoms with Crippen molar-refractivity contribution in [3.05, 3.63) is 0 Å². The van der Waals surface area contributed by atoms with E-state index >= 15 is 0 Å². The summed E-state index contributed by atoms with van der Waals surface area (Å²) in [5, 5.41) is 0. The van der Waals surface area contributed by atoms with Crippen LogP contribution in [0.2, 0.25) is 0 Å². The average molecular weight is 362 g/mol. The Balaban J connectivity index is 3.16. The minimum absolute atomic E-state index is 0.306. The van der Waals surface area contributed by atoms with Crippen molar-refractivity contribution in [2.24, 2.45) is 0 Å². The summed E-state index contributed by atoms with van der Waals surface area (Å²) in [5.41, 5.74) is 0. The Labute approximate surface area is 144 Å². The molecule has 0 unspecified atom stereocenters. The fourth-order valence-corrected chi connectivity index (χ4v) is 2.38. The van der Waals surface area contributed by atoms with Crippen molar-refractivity contribution >= 4 is 23.9 Å². The van der Waals surface area contributed by atoms with Crippen molar-refractivity contribution in [1.29, 1.82) is 0 Å². The number of carbonyl (C=O) groups is 4. The number of methoxy groups -OCH3 is 1. The highest BCUT2D eigenvalue weighted by Crippen LogP contribution is 2.29. The molecule has 1 saturated heterocycles. The van der Waals surface area contributed by atoms with Gasteiger partial charge in [-0.1, -0.05) is 0 Å². The maximum absolute atomic E-state index is 11.5. The minimum atomic E-state index is -1.25. The Morgan fingerprint density at radius 2 is 1.28 bits per heavy atom. The van der Waals surface area contributed by atoms with E-state index < -0.39 is 54.6 Å². The van der Waals surface area contributed by atoms with Crippen LogP contribution >= 0.6 is 0 Å². The lowest BCUT2D eigenvalue weighted by molar-refractivity contribution is -0.301. The zero-order valence-corrected chi connectivity index (χ0v) is 14.7. The zero-order valence-electron chi connectivity index (χ0n) is 14.7. The monoisotopic (exact) mass is 362 g/mol. The van der Waals surface area contributed by atoms with Gasteiger partial charge >= 0.3 is 23.9 Å². The van der Waals surface area contributed by atoms with Gasteiger partial charge in [0.25, 0.3) is 0 Å². The quantitative estimate of drug-likeness (QED) is 0.460. The van der Waals surface area contributed by atoms with Crippen LogP contribution in [0.1, 0.15) is 27.7 Å². The standard InChI is InChI=1S/C15H22O10/c1-7(16)21-6-11-12(22-8(2)17)13(23-9(3)18)14(20-5)15(25-11)24-10(4)19/h11-15H,6H2,1-5H3/t11-,12-,13+,14-,15-/m1/s1. The second-order valence-corrected chi connectivity index (χ2v) is 5.30. The van der Waals surface area contributed by atoms with Crippen molar-refractivity contribution in [3.63, 3.8) is 0 Å². The van der Waals surface area contributed by atoms with Crippen LogP contribution in [-0.4, -0.2) is 68.3 Å². The Bertz CT molecular complexity index is 516. The molecule has 0 N–H and O–H groups in total. The molecule has 0 bridgehead atoms. The topological polar surface area (TPSA) is 124 Å². The van der Waals surface area contributed by atoms with Gasteiger partial charge in [0.1, 0.15) is 12.7 Å². The molecule has 0 aliphatic carbocycles. The molecule has 0 aromatic rings. The van der Waals surface area contributed by atoms with Crippen molar-refractivity contribution in [3.8, 4) is 0 Å². The molecule has 1 aliphatic rings. The molecule has 1 aliphatic heterocycles. The van der Waals surface area contributed by atoms with E-state index in [4.69, 9.17) is 28.4 Å². The third-order valence-electron chi connectivity index (χ3n) is 3.20. The molecule has 0 aromatic heterocycles. The number of hydrogen-bond donors (Lipinski definition) is 0. The highest BCUT2D eigenvalue weighted by atomic mass is 16.7. The molecule has 1 heterocycles. The van der Waals surface area contributed by atoms with Gasteiger partial charge in [-0.2, -0.15) is 0 Å². The summed E-state index contributed by atoms with van der Waals surface area (Å²) in [6.07, 6.45) is -5.60. The Morgan fingerprint density at radius 3 is 1.72 bits per heavy atom. The smallest absolute Gasteiger partial charge is 0.305 e. The van der Waals surface area contributed by atoms with E-state index in [0.717, 1.165) is 20.8 Å². The number of ether oxygens (including phenoxy) is 6. The second-order valence-electron chi connectivity index (χ2n) is 5.30. The van der Waals surface area contributed by atoms with Gasteiger partial charge in [-0.25, -0.2) is 0 Å². The first-order valence-corrected chi connectivity index (χ1v) is 7.49. The summed E-state index contributed by atoms with van der Waals surface area (Å²) in [6, 6.07) is 0. The molecular weight excluding hydrogens is 340 g/mol. The maximum atomic E-state index is 11.5. The minimum Gasteiger partial charge on any atom is -0.463 e. The molecule has 0 aromatic carbocycles. The van der Waals surface area contributed by atoms with E-state index in [1.807, 2.05) is 0 Å². The van der Waals surface area contributed by atoms with Crippen molar-refractivity contribution in [1.82, 2.24) is 0 Å². The first kappa shape index (κ1) is 20.8. The van der Waals surface area contributed by atoms with Crippen LogP contribution in [0.3, 0.4) is 0 Å². The summed E-state index contributed by atoms with van der Waals surface area (Å²) in [4.78, 5) is 45.3. The van der Waals surface area contributed by atoms with Gasteiger partial charge < -0.3 is 28.4 Å². The molecule has 10 heteroatoms. The molecule has 10 nitrogen and oxygen atoms in total. The highest BCUT2D eigenvalue weighted by Gasteiger charge is 2.52. The van der Waals surface area contributed by atoms with Crippen molar-refractivity contribution in [2.45, 2.75) is 58.4 Å².